The summed E-state index contributed by atoms with van der Waals surface area (Å²) in [5.74, 6) is 0.237. The molecule has 1 heterocycles. The summed E-state index contributed by atoms with van der Waals surface area (Å²) in [5, 5.41) is 8.73. The average molecular weight is 278 g/mol. The summed E-state index contributed by atoms with van der Waals surface area (Å²) in [4.78, 5) is 12.2. The van der Waals surface area contributed by atoms with E-state index in [0.29, 0.717) is 12.8 Å². The Morgan fingerprint density at radius 1 is 1.19 bits per heavy atom. The minimum Gasteiger partial charge on any atom is -0.320 e. The van der Waals surface area contributed by atoms with Crippen LogP contribution in [0.4, 0.5) is 0 Å². The Labute approximate surface area is 124 Å². The van der Waals surface area contributed by atoms with E-state index in [0.717, 1.165) is 28.9 Å². The van der Waals surface area contributed by atoms with Crippen LogP contribution in [-0.2, 0) is 12.8 Å². The second-order valence-electron chi connectivity index (χ2n) is 6.49. The fourth-order valence-corrected chi connectivity index (χ4v) is 3.05. The van der Waals surface area contributed by atoms with Gasteiger partial charge in [0.1, 0.15) is 0 Å². The van der Waals surface area contributed by atoms with Crippen LogP contribution in [0.15, 0.2) is 36.5 Å². The van der Waals surface area contributed by atoms with Crippen molar-refractivity contribution < 1.29 is 4.79 Å². The number of fused-ring (bicyclic) bond motifs is 1. The molecule has 0 aliphatic heterocycles. The van der Waals surface area contributed by atoms with Gasteiger partial charge in [0, 0.05) is 29.6 Å². The summed E-state index contributed by atoms with van der Waals surface area (Å²) >= 11 is 0. The predicted molar refractivity (Wildman–Crippen MR) is 81.5 cm³/mol. The predicted octanol–water partition coefficient (Wildman–Crippen LogP) is 3.70. The highest BCUT2D eigenvalue weighted by Crippen LogP contribution is 2.36. The van der Waals surface area contributed by atoms with Crippen LogP contribution in [-0.4, -0.2) is 10.4 Å². The van der Waals surface area contributed by atoms with Crippen LogP contribution in [0.25, 0.3) is 5.69 Å². The maximum atomic E-state index is 12.2. The molecule has 0 saturated carbocycles. The zero-order valence-corrected chi connectivity index (χ0v) is 12.4. The summed E-state index contributed by atoms with van der Waals surface area (Å²) < 4.78 is 2.10. The molecule has 0 atom stereocenters. The smallest absolute Gasteiger partial charge is 0.165 e. The number of carbonyl (C=O) groups is 1. The summed E-state index contributed by atoms with van der Waals surface area (Å²) in [6.07, 6.45) is 3.92. The summed E-state index contributed by atoms with van der Waals surface area (Å²) in [6, 6.07) is 12.1. The third-order valence-electron chi connectivity index (χ3n) is 4.08. The van der Waals surface area contributed by atoms with E-state index in [-0.39, 0.29) is 11.2 Å². The molecule has 1 aromatic carbocycles. The minimum atomic E-state index is 0.0148. The molecular weight excluding hydrogens is 260 g/mol. The molecule has 1 aliphatic carbocycles. The number of nitriles is 1. The first-order valence-electron chi connectivity index (χ1n) is 7.20. The van der Waals surface area contributed by atoms with Gasteiger partial charge in [0.2, 0.25) is 0 Å². The van der Waals surface area contributed by atoms with E-state index >= 15 is 0 Å². The SMILES string of the molecule is CC1(C)CC(=O)c2ccn(-c3ccc(CC#N)cc3)c2C1. The maximum absolute atomic E-state index is 12.2. The second-order valence-corrected chi connectivity index (χ2v) is 6.49. The van der Waals surface area contributed by atoms with Gasteiger partial charge in [-0.2, -0.15) is 5.26 Å². The highest BCUT2D eigenvalue weighted by Gasteiger charge is 2.33. The van der Waals surface area contributed by atoms with Crippen LogP contribution in [0.3, 0.4) is 0 Å². The Morgan fingerprint density at radius 3 is 2.57 bits per heavy atom. The van der Waals surface area contributed by atoms with Crippen molar-refractivity contribution in [1.82, 2.24) is 4.57 Å². The van der Waals surface area contributed by atoms with Crippen LogP contribution in [0.1, 0.15) is 41.9 Å². The molecule has 0 bridgehead atoms. The van der Waals surface area contributed by atoms with Crippen molar-refractivity contribution >= 4 is 5.78 Å². The maximum Gasteiger partial charge on any atom is 0.165 e. The molecule has 106 valence electrons. The van der Waals surface area contributed by atoms with Crippen LogP contribution < -0.4 is 0 Å². The Morgan fingerprint density at radius 2 is 1.90 bits per heavy atom. The first-order valence-corrected chi connectivity index (χ1v) is 7.20. The molecule has 0 spiro atoms. The van der Waals surface area contributed by atoms with Crippen LogP contribution in [0, 0.1) is 16.7 Å². The normalized spacial score (nSPS) is 16.3. The molecule has 0 amide bonds. The van der Waals surface area contributed by atoms with E-state index in [1.807, 2.05) is 36.5 Å². The number of aromatic nitrogens is 1. The number of hydrogen-bond donors (Lipinski definition) is 0. The number of Topliss-reactive ketones (excluding diaryl/α,β-unsaturated/α-hetero) is 1. The zero-order chi connectivity index (χ0) is 15.0. The summed E-state index contributed by atoms with van der Waals surface area (Å²) in [7, 11) is 0. The molecule has 1 aliphatic rings. The molecule has 0 N–H and O–H groups in total. The van der Waals surface area contributed by atoms with Gasteiger partial charge < -0.3 is 4.57 Å². The number of hydrogen-bond acceptors (Lipinski definition) is 2. The lowest BCUT2D eigenvalue weighted by Gasteiger charge is -2.29. The summed E-state index contributed by atoms with van der Waals surface area (Å²) in [6.45, 7) is 4.28. The Balaban J connectivity index is 2.01. The quantitative estimate of drug-likeness (QED) is 0.840. The van der Waals surface area contributed by atoms with Gasteiger partial charge in [-0.1, -0.05) is 26.0 Å². The fraction of sp³-hybridized carbons (Fsp3) is 0.333. The lowest BCUT2D eigenvalue weighted by Crippen LogP contribution is -2.27. The van der Waals surface area contributed by atoms with Gasteiger partial charge in [0.25, 0.3) is 0 Å². The molecule has 3 heteroatoms. The Kier molecular flexibility index (Phi) is 3.17. The molecular formula is C18H18N2O. The number of carbonyl (C=O) groups excluding carboxylic acids is 1. The van der Waals surface area contributed by atoms with Crippen LogP contribution in [0.2, 0.25) is 0 Å². The first-order chi connectivity index (χ1) is 10.00. The molecule has 0 unspecified atom stereocenters. The van der Waals surface area contributed by atoms with Crippen molar-refractivity contribution in [2.75, 3.05) is 0 Å². The highest BCUT2D eigenvalue weighted by atomic mass is 16.1. The van der Waals surface area contributed by atoms with Gasteiger partial charge in [-0.15, -0.1) is 0 Å². The molecule has 0 saturated heterocycles. The van der Waals surface area contributed by atoms with Gasteiger partial charge >= 0.3 is 0 Å². The third kappa shape index (κ3) is 2.50. The van der Waals surface area contributed by atoms with Crippen molar-refractivity contribution in [2.45, 2.75) is 33.1 Å². The third-order valence-corrected chi connectivity index (χ3v) is 4.08. The van der Waals surface area contributed by atoms with Crippen LogP contribution >= 0.6 is 0 Å². The fourth-order valence-electron chi connectivity index (χ4n) is 3.05. The van der Waals surface area contributed by atoms with Crippen molar-refractivity contribution in [2.24, 2.45) is 5.41 Å². The molecule has 3 nitrogen and oxygen atoms in total. The van der Waals surface area contributed by atoms with E-state index < -0.39 is 0 Å². The van der Waals surface area contributed by atoms with E-state index in [1.165, 1.54) is 0 Å². The lowest BCUT2D eigenvalue weighted by molar-refractivity contribution is 0.0911. The Bertz CT molecular complexity index is 730. The summed E-state index contributed by atoms with van der Waals surface area (Å²) in [5.41, 5.74) is 4.03. The lowest BCUT2D eigenvalue weighted by atomic mass is 9.76. The topological polar surface area (TPSA) is 45.8 Å². The number of benzene rings is 1. The molecule has 2 aromatic rings. The molecule has 0 fully saturated rings. The first kappa shape index (κ1) is 13.6. The number of rotatable bonds is 2. The molecule has 3 rings (SSSR count). The van der Waals surface area contributed by atoms with Gasteiger partial charge in [-0.05, 0) is 35.6 Å². The van der Waals surface area contributed by atoms with Crippen LogP contribution in [0.5, 0.6) is 0 Å². The van der Waals surface area contributed by atoms with Gasteiger partial charge in [0.05, 0.1) is 12.5 Å². The standard InChI is InChI=1S/C18H18N2O/c1-18(2)11-16-15(17(21)12-18)8-10-20(16)14-5-3-13(4-6-14)7-9-19/h3-6,8,10H,7,11-12H2,1-2H3. The van der Waals surface area contributed by atoms with Crippen molar-refractivity contribution in [3.05, 3.63) is 53.3 Å². The Hall–Kier alpha value is -2.34. The number of nitrogens with zero attached hydrogens (tertiary/aromatic N) is 2. The van der Waals surface area contributed by atoms with E-state index in [1.54, 1.807) is 0 Å². The molecule has 1 aromatic heterocycles. The van der Waals surface area contributed by atoms with E-state index in [4.69, 9.17) is 5.26 Å². The molecule has 21 heavy (non-hydrogen) atoms. The highest BCUT2D eigenvalue weighted by molar-refractivity contribution is 5.99. The van der Waals surface area contributed by atoms with Gasteiger partial charge in [-0.3, -0.25) is 4.79 Å². The zero-order valence-electron chi connectivity index (χ0n) is 12.4. The largest absolute Gasteiger partial charge is 0.320 e. The van der Waals surface area contributed by atoms with E-state index in [9.17, 15) is 4.79 Å². The van der Waals surface area contributed by atoms with Gasteiger partial charge in [-0.25, -0.2) is 0 Å². The second kappa shape index (κ2) is 4.89. The minimum absolute atomic E-state index is 0.0148. The van der Waals surface area contributed by atoms with E-state index in [2.05, 4.69) is 24.5 Å². The van der Waals surface area contributed by atoms with Crippen molar-refractivity contribution in [3.63, 3.8) is 0 Å². The monoisotopic (exact) mass is 278 g/mol. The van der Waals surface area contributed by atoms with Gasteiger partial charge in [0.15, 0.2) is 5.78 Å². The van der Waals surface area contributed by atoms with Crippen molar-refractivity contribution in [3.8, 4) is 11.8 Å². The van der Waals surface area contributed by atoms with Crippen molar-refractivity contribution in [1.29, 1.82) is 5.26 Å². The number of ketones is 1. The average Bonchev–Trinajstić information content (AvgIpc) is 2.82. The molecule has 0 radical (unpaired) electrons.